The molecule has 3 saturated carbocycles. The highest BCUT2D eigenvalue weighted by Gasteiger charge is 2.60. The van der Waals surface area contributed by atoms with Crippen molar-refractivity contribution in [3.05, 3.63) is 24.3 Å². The van der Waals surface area contributed by atoms with E-state index in [2.05, 4.69) is 20.8 Å². The number of benzene rings is 1. The fourth-order valence-corrected chi connectivity index (χ4v) is 4.64. The van der Waals surface area contributed by atoms with Gasteiger partial charge >= 0.3 is 7.12 Å². The molecular formula is C16H21BO2. The van der Waals surface area contributed by atoms with Crippen molar-refractivity contribution < 1.29 is 9.31 Å². The average Bonchev–Trinajstić information content (AvgIpc) is 2.81. The summed E-state index contributed by atoms with van der Waals surface area (Å²) in [6.07, 6.45) is 2.66. The summed E-state index contributed by atoms with van der Waals surface area (Å²) in [6, 6.07) is 8.03. The minimum absolute atomic E-state index is 0.0613. The monoisotopic (exact) mass is 256 g/mol. The first-order valence-corrected chi connectivity index (χ1v) is 7.49. The fraction of sp³-hybridized carbons (Fsp3) is 0.625. The molecule has 1 aromatic rings. The van der Waals surface area contributed by atoms with Crippen molar-refractivity contribution in [3.63, 3.8) is 0 Å². The zero-order valence-corrected chi connectivity index (χ0v) is 11.9. The molecule has 1 heterocycles. The molecule has 4 aliphatic rings. The van der Waals surface area contributed by atoms with E-state index in [-0.39, 0.29) is 7.12 Å². The van der Waals surface area contributed by atoms with E-state index in [9.17, 15) is 0 Å². The smallest absolute Gasteiger partial charge is 0.523 e. The van der Waals surface area contributed by atoms with Gasteiger partial charge in [0.15, 0.2) is 0 Å². The van der Waals surface area contributed by atoms with Crippen molar-refractivity contribution in [2.45, 2.75) is 39.4 Å². The molecule has 100 valence electrons. The van der Waals surface area contributed by atoms with Crippen molar-refractivity contribution in [1.82, 2.24) is 0 Å². The van der Waals surface area contributed by atoms with Crippen LogP contribution in [0.15, 0.2) is 24.3 Å². The third-order valence-corrected chi connectivity index (χ3v) is 6.10. The first-order chi connectivity index (χ1) is 9.07. The zero-order chi connectivity index (χ0) is 13.2. The predicted molar refractivity (Wildman–Crippen MR) is 76.4 cm³/mol. The molecule has 0 spiro atoms. The molecule has 0 aromatic heterocycles. The Balaban J connectivity index is 1.54. The van der Waals surface area contributed by atoms with Crippen molar-refractivity contribution >= 4 is 7.12 Å². The molecule has 3 aliphatic carbocycles. The summed E-state index contributed by atoms with van der Waals surface area (Å²) in [7, 11) is -0.0613. The molecule has 4 atom stereocenters. The third-order valence-electron chi connectivity index (χ3n) is 6.10. The molecule has 19 heavy (non-hydrogen) atoms. The molecule has 0 amide bonds. The van der Waals surface area contributed by atoms with Crippen LogP contribution in [0.1, 0.15) is 33.6 Å². The van der Waals surface area contributed by atoms with Crippen LogP contribution < -0.4 is 9.31 Å². The lowest BCUT2D eigenvalue weighted by Gasteiger charge is -2.61. The molecule has 2 bridgehead atoms. The highest BCUT2D eigenvalue weighted by atomic mass is 16.6. The van der Waals surface area contributed by atoms with Crippen LogP contribution in [0.4, 0.5) is 0 Å². The summed E-state index contributed by atoms with van der Waals surface area (Å²) in [5.41, 5.74) is 0.529. The van der Waals surface area contributed by atoms with Gasteiger partial charge in [-0.15, -0.1) is 0 Å². The van der Waals surface area contributed by atoms with E-state index in [1.54, 1.807) is 0 Å². The summed E-state index contributed by atoms with van der Waals surface area (Å²) >= 11 is 0. The lowest BCUT2D eigenvalue weighted by atomic mass is 9.39. The van der Waals surface area contributed by atoms with Crippen molar-refractivity contribution in [2.24, 2.45) is 23.2 Å². The third kappa shape index (κ3) is 1.50. The summed E-state index contributed by atoms with van der Waals surface area (Å²) in [4.78, 5) is 0. The molecule has 3 heteroatoms. The Morgan fingerprint density at radius 3 is 2.26 bits per heavy atom. The van der Waals surface area contributed by atoms with Crippen LogP contribution in [0, 0.1) is 23.2 Å². The van der Waals surface area contributed by atoms with Crippen LogP contribution >= 0.6 is 0 Å². The van der Waals surface area contributed by atoms with Gasteiger partial charge in [-0.25, -0.2) is 0 Å². The van der Waals surface area contributed by atoms with E-state index in [0.29, 0.717) is 17.2 Å². The molecule has 1 aromatic carbocycles. The van der Waals surface area contributed by atoms with Crippen LogP contribution in [0.2, 0.25) is 5.82 Å². The van der Waals surface area contributed by atoms with Crippen molar-refractivity contribution in [2.75, 3.05) is 0 Å². The number of hydrogen-bond acceptors (Lipinski definition) is 2. The second-order valence-corrected chi connectivity index (χ2v) is 7.17. The van der Waals surface area contributed by atoms with Gasteiger partial charge in [0, 0.05) is 5.82 Å². The quantitative estimate of drug-likeness (QED) is 0.706. The van der Waals surface area contributed by atoms with Crippen LogP contribution in [0.3, 0.4) is 0 Å². The maximum absolute atomic E-state index is 6.03. The van der Waals surface area contributed by atoms with E-state index in [4.69, 9.17) is 9.31 Å². The van der Waals surface area contributed by atoms with Crippen LogP contribution in [-0.2, 0) is 0 Å². The van der Waals surface area contributed by atoms with Gasteiger partial charge in [-0.1, -0.05) is 32.9 Å². The van der Waals surface area contributed by atoms with E-state index < -0.39 is 0 Å². The van der Waals surface area contributed by atoms with Gasteiger partial charge in [0.2, 0.25) is 0 Å². The van der Waals surface area contributed by atoms with Crippen LogP contribution in [0.25, 0.3) is 0 Å². The predicted octanol–water partition coefficient (Wildman–Crippen LogP) is 4.02. The minimum Gasteiger partial charge on any atom is -0.523 e. The van der Waals surface area contributed by atoms with Gasteiger partial charge in [0.1, 0.15) is 11.5 Å². The fourth-order valence-electron chi connectivity index (χ4n) is 4.64. The van der Waals surface area contributed by atoms with Crippen LogP contribution in [0.5, 0.6) is 11.5 Å². The largest absolute Gasteiger partial charge is 0.598 e. The maximum atomic E-state index is 6.03. The lowest BCUT2D eigenvalue weighted by molar-refractivity contribution is -0.102. The molecule has 2 nitrogen and oxygen atoms in total. The second-order valence-electron chi connectivity index (χ2n) is 7.17. The normalized spacial score (nSPS) is 37.9. The van der Waals surface area contributed by atoms with Gasteiger partial charge < -0.3 is 9.31 Å². The lowest BCUT2D eigenvalue weighted by Crippen LogP contribution is -2.56. The topological polar surface area (TPSA) is 18.5 Å². The van der Waals surface area contributed by atoms with E-state index >= 15 is 0 Å². The maximum Gasteiger partial charge on any atom is 0.598 e. The van der Waals surface area contributed by atoms with E-state index in [1.807, 2.05) is 24.3 Å². The Labute approximate surface area is 115 Å². The van der Waals surface area contributed by atoms with Gasteiger partial charge in [-0.05, 0) is 48.1 Å². The van der Waals surface area contributed by atoms with E-state index in [0.717, 1.165) is 23.3 Å². The van der Waals surface area contributed by atoms with Gasteiger partial charge in [-0.2, -0.15) is 0 Å². The number of para-hydroxylation sites is 2. The molecule has 0 unspecified atom stereocenters. The van der Waals surface area contributed by atoms with E-state index in [1.165, 1.54) is 12.8 Å². The van der Waals surface area contributed by atoms with Crippen molar-refractivity contribution in [3.8, 4) is 11.5 Å². The Bertz CT molecular complexity index is 488. The van der Waals surface area contributed by atoms with Gasteiger partial charge in [-0.3, -0.25) is 0 Å². The molecule has 0 saturated heterocycles. The van der Waals surface area contributed by atoms with Crippen molar-refractivity contribution in [1.29, 1.82) is 0 Å². The summed E-state index contributed by atoms with van der Waals surface area (Å²) in [6.45, 7) is 7.26. The number of hydrogen-bond donors (Lipinski definition) is 0. The molecular weight excluding hydrogens is 235 g/mol. The van der Waals surface area contributed by atoms with Gasteiger partial charge in [0.05, 0.1) is 0 Å². The molecule has 1 aliphatic heterocycles. The minimum atomic E-state index is -0.0613. The number of fused-ring (bicyclic) bond motifs is 3. The first-order valence-electron chi connectivity index (χ1n) is 7.49. The average molecular weight is 256 g/mol. The first kappa shape index (κ1) is 11.7. The summed E-state index contributed by atoms with van der Waals surface area (Å²) in [5.74, 6) is 4.77. The Kier molecular flexibility index (Phi) is 2.28. The second kappa shape index (κ2) is 3.71. The van der Waals surface area contributed by atoms with Crippen LogP contribution in [-0.4, -0.2) is 7.12 Å². The molecule has 5 rings (SSSR count). The summed E-state index contributed by atoms with van der Waals surface area (Å²) < 4.78 is 12.1. The zero-order valence-electron chi connectivity index (χ0n) is 11.9. The number of rotatable bonds is 1. The molecule has 0 N–H and O–H groups in total. The Hall–Kier alpha value is -1.12. The highest BCUT2D eigenvalue weighted by molar-refractivity contribution is 6.49. The standard InChI is InChI=1S/C16H21BO2/c1-10-12-8-11(16(12,2)3)9-13(10)17-18-14-6-4-5-7-15(14)19-17/h4-7,10-13H,8-9H2,1-3H3/t10-,11+,12-,13-/m0/s1. The Morgan fingerprint density at radius 1 is 1.11 bits per heavy atom. The Morgan fingerprint density at radius 2 is 1.74 bits per heavy atom. The van der Waals surface area contributed by atoms with Gasteiger partial charge in [0.25, 0.3) is 0 Å². The molecule has 0 radical (unpaired) electrons. The molecule has 3 fully saturated rings. The SMILES string of the molecule is C[C@@H]1[C@@H](B2Oc3ccccc3O2)C[C@H]2C[C@@H]1C2(C)C. The highest BCUT2D eigenvalue weighted by Crippen LogP contribution is 2.65. The summed E-state index contributed by atoms with van der Waals surface area (Å²) in [5, 5.41) is 0.